The molecule has 0 saturated carbocycles. The first-order valence-electron chi connectivity index (χ1n) is 13.8. The Hall–Kier alpha value is -3.21. The SMILES string of the molecule is CCOCCCN(C(=O)c1ccc(C(F)(F)F)cc1)C1CC(C(=O)NCCO)=CC(Oc2c(I)cc(C=O)cc2OC)C1O. The van der Waals surface area contributed by atoms with E-state index in [0.717, 1.165) is 24.3 Å². The zero-order chi connectivity index (χ0) is 32.4. The molecule has 3 N–H and O–H groups in total. The summed E-state index contributed by atoms with van der Waals surface area (Å²) in [5.41, 5.74) is -0.478. The van der Waals surface area contributed by atoms with Gasteiger partial charge in [-0.25, -0.2) is 0 Å². The Morgan fingerprint density at radius 1 is 1.20 bits per heavy atom. The fraction of sp³-hybridized carbons (Fsp3) is 0.433. The number of benzene rings is 2. The van der Waals surface area contributed by atoms with Gasteiger partial charge in [0.15, 0.2) is 11.5 Å². The van der Waals surface area contributed by atoms with E-state index in [9.17, 15) is 37.8 Å². The molecule has 3 atom stereocenters. The zero-order valence-electron chi connectivity index (χ0n) is 24.1. The van der Waals surface area contributed by atoms with E-state index in [2.05, 4.69) is 5.32 Å². The highest BCUT2D eigenvalue weighted by atomic mass is 127. The molecular weight excluding hydrogens is 700 g/mol. The number of hydrogen-bond acceptors (Lipinski definition) is 8. The highest BCUT2D eigenvalue weighted by Gasteiger charge is 2.41. The maximum absolute atomic E-state index is 13.8. The number of ether oxygens (including phenoxy) is 3. The predicted molar refractivity (Wildman–Crippen MR) is 162 cm³/mol. The molecule has 10 nitrogen and oxygen atoms in total. The molecule has 0 spiro atoms. The largest absolute Gasteiger partial charge is 0.493 e. The Bertz CT molecular complexity index is 1340. The Labute approximate surface area is 266 Å². The summed E-state index contributed by atoms with van der Waals surface area (Å²) in [6.07, 6.45) is -4.91. The lowest BCUT2D eigenvalue weighted by Gasteiger charge is -2.40. The van der Waals surface area contributed by atoms with Crippen molar-refractivity contribution in [2.75, 3.05) is 40.0 Å². The number of carbonyl (C=O) groups excluding carboxylic acids is 3. The minimum absolute atomic E-state index is 0.0411. The van der Waals surface area contributed by atoms with Crippen molar-refractivity contribution in [1.82, 2.24) is 10.2 Å². The summed E-state index contributed by atoms with van der Waals surface area (Å²) in [6.45, 7) is 2.19. The van der Waals surface area contributed by atoms with Crippen LogP contribution in [0.15, 0.2) is 48.0 Å². The van der Waals surface area contributed by atoms with E-state index in [1.807, 2.05) is 22.6 Å². The molecule has 0 aliphatic heterocycles. The van der Waals surface area contributed by atoms with Crippen molar-refractivity contribution in [3.63, 3.8) is 0 Å². The van der Waals surface area contributed by atoms with E-state index < -0.39 is 41.8 Å². The van der Waals surface area contributed by atoms with Crippen molar-refractivity contribution >= 4 is 40.7 Å². The fourth-order valence-corrected chi connectivity index (χ4v) is 5.46. The lowest BCUT2D eigenvalue weighted by molar-refractivity contribution is -0.137. The second-order valence-corrected chi connectivity index (χ2v) is 11.0. The molecule has 0 saturated heterocycles. The number of amides is 2. The summed E-state index contributed by atoms with van der Waals surface area (Å²) in [5.74, 6) is -0.828. The van der Waals surface area contributed by atoms with Crippen molar-refractivity contribution in [3.8, 4) is 11.5 Å². The first kappa shape index (κ1) is 35.3. The van der Waals surface area contributed by atoms with E-state index in [-0.39, 0.29) is 55.4 Å². The van der Waals surface area contributed by atoms with Crippen LogP contribution in [0, 0.1) is 3.57 Å². The number of methoxy groups -OCH3 is 1. The molecule has 1 aliphatic rings. The monoisotopic (exact) mass is 734 g/mol. The maximum Gasteiger partial charge on any atom is 0.416 e. The average molecular weight is 735 g/mol. The molecule has 14 heteroatoms. The van der Waals surface area contributed by atoms with Crippen LogP contribution < -0.4 is 14.8 Å². The third kappa shape index (κ3) is 8.92. The Morgan fingerprint density at radius 3 is 2.50 bits per heavy atom. The van der Waals surface area contributed by atoms with E-state index >= 15 is 0 Å². The van der Waals surface area contributed by atoms with Crippen molar-refractivity contribution in [2.45, 2.75) is 44.2 Å². The standard InChI is InChI=1S/C30H34F3IN2O8/c1-3-43-12-4-10-36(29(41)19-5-7-21(8-6-19)30(31,32)33)23-15-20(28(40)35-9-11-37)16-24(26(23)39)44-27-22(34)13-18(17-38)14-25(27)42-2/h5-8,13-14,16-17,23-24,26,37,39H,3-4,9-12,15H2,1-2H3,(H,35,40). The fourth-order valence-electron chi connectivity index (χ4n) is 4.70. The van der Waals surface area contributed by atoms with Gasteiger partial charge in [-0.05, 0) is 78.4 Å². The van der Waals surface area contributed by atoms with Crippen LogP contribution >= 0.6 is 22.6 Å². The van der Waals surface area contributed by atoms with E-state index in [0.29, 0.717) is 28.4 Å². The lowest BCUT2D eigenvalue weighted by atomic mass is 9.87. The number of rotatable bonds is 14. The topological polar surface area (TPSA) is 135 Å². The van der Waals surface area contributed by atoms with E-state index in [1.54, 1.807) is 13.0 Å². The third-order valence-electron chi connectivity index (χ3n) is 6.87. The number of carbonyl (C=O) groups is 3. The van der Waals surface area contributed by atoms with Gasteiger partial charge in [0, 0.05) is 49.4 Å². The number of nitrogens with one attached hydrogen (secondary N) is 1. The molecule has 2 aromatic rings. The summed E-state index contributed by atoms with van der Waals surface area (Å²) in [7, 11) is 1.37. The van der Waals surface area contributed by atoms with Gasteiger partial charge < -0.3 is 34.6 Å². The molecule has 0 heterocycles. The van der Waals surface area contributed by atoms with Crippen molar-refractivity contribution in [1.29, 1.82) is 0 Å². The second kappa shape index (κ2) is 16.2. The van der Waals surface area contributed by atoms with Crippen LogP contribution in [0.5, 0.6) is 11.5 Å². The molecule has 3 rings (SSSR count). The number of aliphatic hydroxyl groups excluding tert-OH is 2. The van der Waals surface area contributed by atoms with Gasteiger partial charge in [0.2, 0.25) is 5.91 Å². The lowest BCUT2D eigenvalue weighted by Crippen LogP contribution is -2.55. The van der Waals surface area contributed by atoms with Gasteiger partial charge in [0.1, 0.15) is 18.5 Å². The molecule has 44 heavy (non-hydrogen) atoms. The number of aldehydes is 1. The molecule has 0 bridgehead atoms. The Morgan fingerprint density at radius 2 is 1.91 bits per heavy atom. The van der Waals surface area contributed by atoms with Crippen LogP contribution in [-0.2, 0) is 15.7 Å². The number of aliphatic hydroxyl groups is 2. The highest BCUT2D eigenvalue weighted by molar-refractivity contribution is 14.1. The van der Waals surface area contributed by atoms with Gasteiger partial charge >= 0.3 is 6.18 Å². The minimum Gasteiger partial charge on any atom is -0.493 e. The summed E-state index contributed by atoms with van der Waals surface area (Å²) in [5, 5.41) is 23.4. The third-order valence-corrected chi connectivity index (χ3v) is 7.67. The molecule has 3 unspecified atom stereocenters. The second-order valence-electron chi connectivity index (χ2n) is 9.79. The Balaban J connectivity index is 2.04. The van der Waals surface area contributed by atoms with Gasteiger partial charge in [-0.2, -0.15) is 13.2 Å². The predicted octanol–water partition coefficient (Wildman–Crippen LogP) is 3.62. The zero-order valence-corrected chi connectivity index (χ0v) is 26.3. The average Bonchev–Trinajstić information content (AvgIpc) is 3.01. The quantitative estimate of drug-likeness (QED) is 0.152. The van der Waals surface area contributed by atoms with Gasteiger partial charge in [0.25, 0.3) is 5.91 Å². The highest BCUT2D eigenvalue weighted by Crippen LogP contribution is 2.37. The van der Waals surface area contributed by atoms with Crippen molar-refractivity contribution < 1.29 is 52.0 Å². The van der Waals surface area contributed by atoms with Crippen LogP contribution in [0.2, 0.25) is 0 Å². The smallest absolute Gasteiger partial charge is 0.416 e. The van der Waals surface area contributed by atoms with Gasteiger partial charge in [-0.3, -0.25) is 14.4 Å². The maximum atomic E-state index is 13.8. The number of alkyl halides is 3. The number of hydrogen-bond donors (Lipinski definition) is 3. The molecule has 1 aliphatic carbocycles. The Kier molecular flexibility index (Phi) is 13.0. The van der Waals surface area contributed by atoms with Crippen molar-refractivity contribution in [2.24, 2.45) is 0 Å². The normalized spacial score (nSPS) is 18.3. The first-order valence-corrected chi connectivity index (χ1v) is 14.9. The van der Waals surface area contributed by atoms with E-state index in [1.165, 1.54) is 24.2 Å². The van der Waals surface area contributed by atoms with Crippen molar-refractivity contribution in [3.05, 3.63) is 68.3 Å². The van der Waals surface area contributed by atoms with Crippen LogP contribution in [-0.4, -0.2) is 91.5 Å². The van der Waals surface area contributed by atoms with Crippen LogP contribution in [0.4, 0.5) is 13.2 Å². The first-order chi connectivity index (χ1) is 20.9. The molecular formula is C30H34F3IN2O8. The number of nitrogens with zero attached hydrogens (tertiary/aromatic N) is 1. The molecule has 2 amide bonds. The molecule has 0 fully saturated rings. The van der Waals surface area contributed by atoms with Gasteiger partial charge in [-0.1, -0.05) is 0 Å². The molecule has 2 aromatic carbocycles. The van der Waals surface area contributed by atoms with Crippen LogP contribution in [0.25, 0.3) is 0 Å². The molecule has 0 radical (unpaired) electrons. The summed E-state index contributed by atoms with van der Waals surface area (Å²) in [4.78, 5) is 39.5. The van der Waals surface area contributed by atoms with Gasteiger partial charge in [0.05, 0.1) is 28.9 Å². The van der Waals surface area contributed by atoms with Gasteiger partial charge in [-0.15, -0.1) is 0 Å². The summed E-state index contributed by atoms with van der Waals surface area (Å²) < 4.78 is 57.0. The minimum atomic E-state index is -4.59. The van der Waals surface area contributed by atoms with Crippen LogP contribution in [0.1, 0.15) is 46.0 Å². The van der Waals surface area contributed by atoms with Crippen LogP contribution in [0.3, 0.4) is 0 Å². The summed E-state index contributed by atoms with van der Waals surface area (Å²) in [6, 6.07) is 5.69. The molecule has 0 aromatic heterocycles. The molecule has 240 valence electrons. The van der Waals surface area contributed by atoms with E-state index in [4.69, 9.17) is 14.2 Å². The summed E-state index contributed by atoms with van der Waals surface area (Å²) >= 11 is 1.94. The number of halogens is 4.